The van der Waals surface area contributed by atoms with Crippen LogP contribution in [0.3, 0.4) is 0 Å². The van der Waals surface area contributed by atoms with Gasteiger partial charge in [-0.2, -0.15) is 0 Å². The lowest BCUT2D eigenvalue weighted by Crippen LogP contribution is -1.85. The van der Waals surface area contributed by atoms with Crippen LogP contribution in [0.1, 0.15) is 17.9 Å². The predicted molar refractivity (Wildman–Crippen MR) is 49.2 cm³/mol. The number of benzene rings is 1. The number of methoxy groups -OCH3 is 1. The second-order valence-corrected chi connectivity index (χ2v) is 3.38. The van der Waals surface area contributed by atoms with Crippen LogP contribution in [0.25, 0.3) is 0 Å². The summed E-state index contributed by atoms with van der Waals surface area (Å²) in [6.45, 7) is 4.02. The van der Waals surface area contributed by atoms with Crippen LogP contribution >= 0.6 is 0 Å². The first-order chi connectivity index (χ1) is 5.81. The van der Waals surface area contributed by atoms with Crippen LogP contribution in [0.5, 0.6) is 5.75 Å². The zero-order valence-electron chi connectivity index (χ0n) is 7.29. The third-order valence-electron chi connectivity index (χ3n) is 2.44. The van der Waals surface area contributed by atoms with Crippen molar-refractivity contribution < 1.29 is 4.74 Å². The van der Waals surface area contributed by atoms with Crippen LogP contribution in [-0.2, 0) is 0 Å². The van der Waals surface area contributed by atoms with Crippen LogP contribution in [-0.4, -0.2) is 7.11 Å². The number of hydrogen-bond acceptors (Lipinski definition) is 1. The monoisotopic (exact) mass is 161 g/mol. The maximum Gasteiger partial charge on any atom is 0.119 e. The molecule has 63 valence electrons. The van der Waals surface area contributed by atoms with Crippen LogP contribution in [0, 0.1) is 12.8 Å². The lowest BCUT2D eigenvalue weighted by atomic mass is 10.1. The van der Waals surface area contributed by atoms with Gasteiger partial charge in [0.05, 0.1) is 7.11 Å². The Morgan fingerprint density at radius 2 is 2.25 bits per heavy atom. The Labute approximate surface area is 73.4 Å². The molecule has 1 heteroatoms. The van der Waals surface area contributed by atoms with Gasteiger partial charge in [0.15, 0.2) is 0 Å². The molecule has 1 saturated carbocycles. The van der Waals surface area contributed by atoms with E-state index in [2.05, 4.69) is 19.1 Å². The molecule has 1 aliphatic carbocycles. The molecular weight excluding hydrogens is 148 g/mol. The lowest BCUT2D eigenvalue weighted by Gasteiger charge is -2.02. The molecule has 0 aromatic heterocycles. The summed E-state index contributed by atoms with van der Waals surface area (Å²) in [5.41, 5.74) is 1.37. The van der Waals surface area contributed by atoms with Crippen molar-refractivity contribution in [1.82, 2.24) is 0 Å². The second kappa shape index (κ2) is 2.81. The molecule has 0 N–H and O–H groups in total. The molecule has 1 nitrogen and oxygen atoms in total. The van der Waals surface area contributed by atoms with E-state index in [-0.39, 0.29) is 0 Å². The Morgan fingerprint density at radius 3 is 2.83 bits per heavy atom. The largest absolute Gasteiger partial charge is 0.497 e. The van der Waals surface area contributed by atoms with Gasteiger partial charge in [-0.3, -0.25) is 0 Å². The molecule has 0 spiro atoms. The first-order valence-electron chi connectivity index (χ1n) is 4.28. The van der Waals surface area contributed by atoms with Crippen molar-refractivity contribution in [3.63, 3.8) is 0 Å². The van der Waals surface area contributed by atoms with Crippen molar-refractivity contribution in [3.05, 3.63) is 36.8 Å². The molecule has 0 heterocycles. The summed E-state index contributed by atoms with van der Waals surface area (Å²) in [4.78, 5) is 0. The van der Waals surface area contributed by atoms with Gasteiger partial charge in [-0.05, 0) is 42.9 Å². The minimum absolute atomic E-state index is 0.622. The highest BCUT2D eigenvalue weighted by Crippen LogP contribution is 2.47. The Hall–Kier alpha value is -0.980. The highest BCUT2D eigenvalue weighted by molar-refractivity contribution is 5.34. The van der Waals surface area contributed by atoms with Crippen LogP contribution in [0.2, 0.25) is 0 Å². The van der Waals surface area contributed by atoms with Crippen LogP contribution in [0.4, 0.5) is 0 Å². The number of rotatable bonds is 2. The van der Waals surface area contributed by atoms with Gasteiger partial charge in [-0.15, -0.1) is 0 Å². The van der Waals surface area contributed by atoms with Gasteiger partial charge in [0, 0.05) is 0 Å². The van der Waals surface area contributed by atoms with Crippen molar-refractivity contribution in [1.29, 1.82) is 0 Å². The van der Waals surface area contributed by atoms with E-state index >= 15 is 0 Å². The zero-order valence-corrected chi connectivity index (χ0v) is 7.29. The van der Waals surface area contributed by atoms with Gasteiger partial charge in [0.25, 0.3) is 0 Å². The van der Waals surface area contributed by atoms with Gasteiger partial charge >= 0.3 is 0 Å². The van der Waals surface area contributed by atoms with E-state index in [1.165, 1.54) is 12.0 Å². The average molecular weight is 161 g/mol. The van der Waals surface area contributed by atoms with Crippen molar-refractivity contribution in [3.8, 4) is 5.75 Å². The zero-order chi connectivity index (χ0) is 8.55. The summed E-state index contributed by atoms with van der Waals surface area (Å²) in [6.07, 6.45) is 1.23. The number of ether oxygens (including phenoxy) is 1. The predicted octanol–water partition coefficient (Wildman–Crippen LogP) is 2.63. The summed E-state index contributed by atoms with van der Waals surface area (Å²) in [7, 11) is 1.70. The van der Waals surface area contributed by atoms with Crippen LogP contribution in [0.15, 0.2) is 24.3 Å². The molecule has 0 amide bonds. The minimum Gasteiger partial charge on any atom is -0.497 e. The summed E-state index contributed by atoms with van der Waals surface area (Å²) < 4.78 is 5.15. The molecule has 2 atom stereocenters. The molecule has 2 rings (SSSR count). The minimum atomic E-state index is 0.622. The van der Waals surface area contributed by atoms with Gasteiger partial charge in [0.2, 0.25) is 0 Å². The molecule has 1 radical (unpaired) electrons. The Bertz CT molecular complexity index is 280. The maximum atomic E-state index is 5.15. The fourth-order valence-corrected chi connectivity index (χ4v) is 1.53. The Morgan fingerprint density at radius 1 is 1.50 bits per heavy atom. The first kappa shape index (κ1) is 7.66. The summed E-state index contributed by atoms with van der Waals surface area (Å²) >= 11 is 0. The molecule has 1 aromatic rings. The topological polar surface area (TPSA) is 9.23 Å². The summed E-state index contributed by atoms with van der Waals surface area (Å²) in [5, 5.41) is 0. The van der Waals surface area contributed by atoms with E-state index in [0.29, 0.717) is 11.8 Å². The van der Waals surface area contributed by atoms with Crippen molar-refractivity contribution in [2.24, 2.45) is 5.92 Å². The standard InChI is InChI=1S/C11H13O/c1-8-6-11(8)9-4-3-5-10(7-9)12-2/h3-5,7-8,11H,1,6H2,2H3. The summed E-state index contributed by atoms with van der Waals surface area (Å²) in [5.74, 6) is 2.25. The van der Waals surface area contributed by atoms with Gasteiger partial charge in [-0.25, -0.2) is 0 Å². The van der Waals surface area contributed by atoms with Crippen molar-refractivity contribution in [2.45, 2.75) is 12.3 Å². The molecule has 1 aliphatic rings. The molecule has 1 aromatic carbocycles. The summed E-state index contributed by atoms with van der Waals surface area (Å²) in [6, 6.07) is 8.28. The fourth-order valence-electron chi connectivity index (χ4n) is 1.53. The highest BCUT2D eigenvalue weighted by Gasteiger charge is 2.33. The quantitative estimate of drug-likeness (QED) is 0.648. The normalized spacial score (nSPS) is 26.8. The molecule has 2 unspecified atom stereocenters. The molecule has 0 saturated heterocycles. The molecule has 0 bridgehead atoms. The van der Waals surface area contributed by atoms with E-state index in [4.69, 9.17) is 4.74 Å². The van der Waals surface area contributed by atoms with Gasteiger partial charge < -0.3 is 4.74 Å². The Balaban J connectivity index is 2.21. The van der Waals surface area contributed by atoms with Gasteiger partial charge in [0.1, 0.15) is 5.75 Å². The molecule has 0 aliphatic heterocycles. The van der Waals surface area contributed by atoms with E-state index in [1.54, 1.807) is 7.11 Å². The average Bonchev–Trinajstić information content (AvgIpc) is 2.83. The van der Waals surface area contributed by atoms with Crippen molar-refractivity contribution in [2.75, 3.05) is 7.11 Å². The first-order valence-corrected chi connectivity index (χ1v) is 4.28. The van der Waals surface area contributed by atoms with Crippen molar-refractivity contribution >= 4 is 0 Å². The van der Waals surface area contributed by atoms with E-state index in [0.717, 1.165) is 5.75 Å². The lowest BCUT2D eigenvalue weighted by molar-refractivity contribution is 0.414. The van der Waals surface area contributed by atoms with E-state index in [1.807, 2.05) is 12.1 Å². The highest BCUT2D eigenvalue weighted by atomic mass is 16.5. The number of hydrogen-bond donors (Lipinski definition) is 0. The molecule has 1 fully saturated rings. The SMILES string of the molecule is [CH2]C1CC1c1cccc(OC)c1. The fraction of sp³-hybridized carbons (Fsp3) is 0.364. The van der Waals surface area contributed by atoms with E-state index < -0.39 is 0 Å². The third-order valence-corrected chi connectivity index (χ3v) is 2.44. The molecular formula is C11H13O. The maximum absolute atomic E-state index is 5.15. The molecule has 12 heavy (non-hydrogen) atoms. The van der Waals surface area contributed by atoms with Gasteiger partial charge in [-0.1, -0.05) is 12.1 Å². The Kier molecular flexibility index (Phi) is 1.80. The van der Waals surface area contributed by atoms with Crippen LogP contribution < -0.4 is 4.74 Å². The smallest absolute Gasteiger partial charge is 0.119 e. The second-order valence-electron chi connectivity index (χ2n) is 3.38. The third kappa shape index (κ3) is 1.31. The van der Waals surface area contributed by atoms with E-state index in [9.17, 15) is 0 Å².